The summed E-state index contributed by atoms with van der Waals surface area (Å²) in [5, 5.41) is 16.4. The van der Waals surface area contributed by atoms with Gasteiger partial charge in [0.05, 0.1) is 5.69 Å². The van der Waals surface area contributed by atoms with Gasteiger partial charge in [0.25, 0.3) is 0 Å². The van der Waals surface area contributed by atoms with E-state index in [4.69, 9.17) is 5.11 Å². The molecule has 0 spiro atoms. The molecule has 0 saturated carbocycles. The molecule has 1 unspecified atom stereocenters. The minimum atomic E-state index is -1.15. The van der Waals surface area contributed by atoms with Gasteiger partial charge < -0.3 is 20.6 Å². The highest BCUT2D eigenvalue weighted by Gasteiger charge is 2.25. The van der Waals surface area contributed by atoms with Gasteiger partial charge in [-0.05, 0) is 0 Å². The summed E-state index contributed by atoms with van der Waals surface area (Å²) in [7, 11) is 4.76. The summed E-state index contributed by atoms with van der Waals surface area (Å²) in [5.41, 5.74) is 0.307. The van der Waals surface area contributed by atoms with E-state index in [9.17, 15) is 9.59 Å². The molecule has 94 valence electrons. The monoisotopic (exact) mass is 258 g/mol. The van der Waals surface area contributed by atoms with Crippen molar-refractivity contribution >= 4 is 28.5 Å². The van der Waals surface area contributed by atoms with Crippen LogP contribution in [0.15, 0.2) is 5.38 Å². The smallest absolute Gasteiger partial charge is 0.332 e. The van der Waals surface area contributed by atoms with Crippen LogP contribution in [0.4, 0.5) is 9.93 Å². The molecule has 0 aromatic carbocycles. The van der Waals surface area contributed by atoms with Crippen molar-refractivity contribution in [2.24, 2.45) is 0 Å². The molecule has 0 aliphatic carbocycles. The van der Waals surface area contributed by atoms with Crippen LogP contribution in [0.2, 0.25) is 0 Å². The average molecular weight is 258 g/mol. The second-order valence-electron chi connectivity index (χ2n) is 3.44. The Balaban J connectivity index is 2.86. The number of aromatic nitrogens is 1. The Morgan fingerprint density at radius 1 is 1.53 bits per heavy atom. The van der Waals surface area contributed by atoms with Gasteiger partial charge in [-0.2, -0.15) is 0 Å². The van der Waals surface area contributed by atoms with Crippen molar-refractivity contribution in [3.8, 4) is 0 Å². The summed E-state index contributed by atoms with van der Waals surface area (Å²) >= 11 is 1.28. The maximum absolute atomic E-state index is 11.4. The molecule has 0 aliphatic heterocycles. The van der Waals surface area contributed by atoms with Crippen LogP contribution in [-0.4, -0.2) is 48.1 Å². The number of rotatable bonds is 4. The van der Waals surface area contributed by atoms with Crippen LogP contribution in [0.5, 0.6) is 0 Å². The fourth-order valence-electron chi connectivity index (χ4n) is 1.05. The third-order valence-electron chi connectivity index (χ3n) is 1.95. The van der Waals surface area contributed by atoms with Crippen LogP contribution >= 0.6 is 11.3 Å². The summed E-state index contributed by atoms with van der Waals surface area (Å²) in [6.07, 6.45) is 0. The van der Waals surface area contributed by atoms with Crippen molar-refractivity contribution < 1.29 is 14.7 Å². The van der Waals surface area contributed by atoms with E-state index in [0.29, 0.717) is 10.8 Å². The van der Waals surface area contributed by atoms with E-state index in [1.165, 1.54) is 30.3 Å². The summed E-state index contributed by atoms with van der Waals surface area (Å²) in [6.45, 7) is 0. The summed E-state index contributed by atoms with van der Waals surface area (Å²) in [4.78, 5) is 27.8. The number of carboxylic acid groups (broad SMARTS) is 1. The number of nitrogens with one attached hydrogen (secondary N) is 2. The molecule has 1 rings (SSSR count). The van der Waals surface area contributed by atoms with E-state index >= 15 is 0 Å². The number of hydrogen-bond donors (Lipinski definition) is 3. The van der Waals surface area contributed by atoms with E-state index < -0.39 is 18.0 Å². The normalized spacial score (nSPS) is 11.7. The first-order valence-electron chi connectivity index (χ1n) is 4.79. The molecule has 1 heterocycles. The first-order chi connectivity index (χ1) is 7.95. The number of nitrogens with zero attached hydrogens (tertiary/aromatic N) is 2. The zero-order valence-electron chi connectivity index (χ0n) is 9.72. The second-order valence-corrected chi connectivity index (χ2v) is 4.30. The van der Waals surface area contributed by atoms with Gasteiger partial charge in [0.15, 0.2) is 11.2 Å². The SMILES string of the molecule is CNc1nc(C(NC(=O)N(C)C)C(=O)O)cs1. The molecule has 17 heavy (non-hydrogen) atoms. The molecular weight excluding hydrogens is 244 g/mol. The quantitative estimate of drug-likeness (QED) is 0.734. The Kier molecular flexibility index (Phi) is 4.27. The van der Waals surface area contributed by atoms with Gasteiger partial charge in [-0.15, -0.1) is 11.3 Å². The molecule has 0 aliphatic rings. The summed E-state index contributed by atoms with van der Waals surface area (Å²) in [6, 6.07) is -1.61. The predicted molar refractivity (Wildman–Crippen MR) is 64.3 cm³/mol. The lowest BCUT2D eigenvalue weighted by Crippen LogP contribution is -2.40. The lowest BCUT2D eigenvalue weighted by Gasteiger charge is -2.16. The van der Waals surface area contributed by atoms with Gasteiger partial charge >= 0.3 is 12.0 Å². The highest BCUT2D eigenvalue weighted by molar-refractivity contribution is 7.13. The molecule has 0 radical (unpaired) electrons. The fourth-order valence-corrected chi connectivity index (χ4v) is 1.75. The van der Waals surface area contributed by atoms with Crippen LogP contribution < -0.4 is 10.6 Å². The fraction of sp³-hybridized carbons (Fsp3) is 0.444. The van der Waals surface area contributed by atoms with Crippen LogP contribution in [0, 0.1) is 0 Å². The maximum Gasteiger partial charge on any atom is 0.332 e. The standard InChI is InChI=1S/C9H14N4O3S/c1-10-8-11-5(4-17-8)6(7(14)15)12-9(16)13(2)3/h4,6H,1-3H3,(H,10,11)(H,12,16)(H,14,15). The van der Waals surface area contributed by atoms with Crippen molar-refractivity contribution in [2.75, 3.05) is 26.5 Å². The molecule has 1 atom stereocenters. The van der Waals surface area contributed by atoms with Crippen LogP contribution in [0.25, 0.3) is 0 Å². The number of aliphatic carboxylic acids is 1. The zero-order valence-corrected chi connectivity index (χ0v) is 10.5. The van der Waals surface area contributed by atoms with Crippen LogP contribution in [-0.2, 0) is 4.79 Å². The number of carbonyl (C=O) groups is 2. The molecule has 1 aromatic rings. The van der Waals surface area contributed by atoms with Gasteiger partial charge in [0, 0.05) is 26.5 Å². The number of carbonyl (C=O) groups excluding carboxylic acids is 1. The molecule has 7 nitrogen and oxygen atoms in total. The predicted octanol–water partition coefficient (Wildman–Crippen LogP) is 0.582. The van der Waals surface area contributed by atoms with Crippen LogP contribution in [0.3, 0.4) is 0 Å². The lowest BCUT2D eigenvalue weighted by atomic mass is 10.2. The minimum Gasteiger partial charge on any atom is -0.479 e. The number of amides is 2. The second kappa shape index (κ2) is 5.48. The van der Waals surface area contributed by atoms with E-state index in [-0.39, 0.29) is 0 Å². The third-order valence-corrected chi connectivity index (χ3v) is 2.83. The Bertz CT molecular complexity index is 418. The van der Waals surface area contributed by atoms with Crippen molar-refractivity contribution in [3.63, 3.8) is 0 Å². The Morgan fingerprint density at radius 3 is 2.59 bits per heavy atom. The van der Waals surface area contributed by atoms with E-state index in [2.05, 4.69) is 15.6 Å². The van der Waals surface area contributed by atoms with Gasteiger partial charge in [0.2, 0.25) is 0 Å². The number of urea groups is 1. The van der Waals surface area contributed by atoms with Gasteiger partial charge in [0.1, 0.15) is 0 Å². The molecule has 1 aromatic heterocycles. The van der Waals surface area contributed by atoms with E-state index in [0.717, 1.165) is 0 Å². The lowest BCUT2D eigenvalue weighted by molar-refractivity contribution is -0.139. The number of carboxylic acids is 1. The Labute approximate surface area is 102 Å². The Morgan fingerprint density at radius 2 is 2.18 bits per heavy atom. The van der Waals surface area contributed by atoms with E-state index in [1.807, 2.05) is 0 Å². The molecule has 3 N–H and O–H groups in total. The number of anilines is 1. The van der Waals surface area contributed by atoms with Gasteiger partial charge in [-0.1, -0.05) is 0 Å². The molecule has 8 heteroatoms. The third kappa shape index (κ3) is 3.31. The maximum atomic E-state index is 11.4. The Hall–Kier alpha value is -1.83. The van der Waals surface area contributed by atoms with Gasteiger partial charge in [-0.25, -0.2) is 14.6 Å². The van der Waals surface area contributed by atoms with Crippen molar-refractivity contribution in [1.29, 1.82) is 0 Å². The molecule has 0 saturated heterocycles. The average Bonchev–Trinajstić information content (AvgIpc) is 2.72. The van der Waals surface area contributed by atoms with Gasteiger partial charge in [-0.3, -0.25) is 0 Å². The minimum absolute atomic E-state index is 0.307. The van der Waals surface area contributed by atoms with Crippen LogP contribution in [0.1, 0.15) is 11.7 Å². The topological polar surface area (TPSA) is 94.6 Å². The van der Waals surface area contributed by atoms with E-state index in [1.54, 1.807) is 12.4 Å². The summed E-state index contributed by atoms with van der Waals surface area (Å²) < 4.78 is 0. The zero-order chi connectivity index (χ0) is 13.0. The molecule has 0 fully saturated rings. The molecule has 2 amide bonds. The van der Waals surface area contributed by atoms with Crippen molar-refractivity contribution in [1.82, 2.24) is 15.2 Å². The largest absolute Gasteiger partial charge is 0.479 e. The van der Waals surface area contributed by atoms with Crippen molar-refractivity contribution in [3.05, 3.63) is 11.1 Å². The highest BCUT2D eigenvalue weighted by Crippen LogP contribution is 2.20. The molecule has 0 bridgehead atoms. The first kappa shape index (κ1) is 13.2. The molecular formula is C9H14N4O3S. The van der Waals surface area contributed by atoms with Crippen molar-refractivity contribution in [2.45, 2.75) is 6.04 Å². The number of hydrogen-bond acceptors (Lipinski definition) is 5. The number of thiazole rings is 1. The highest BCUT2D eigenvalue weighted by atomic mass is 32.1. The summed E-state index contributed by atoms with van der Waals surface area (Å²) in [5.74, 6) is -1.15. The first-order valence-corrected chi connectivity index (χ1v) is 5.67.